The predicted molar refractivity (Wildman–Crippen MR) is 113 cm³/mol. The summed E-state index contributed by atoms with van der Waals surface area (Å²) in [4.78, 5) is 9.16. The number of aliphatic hydroxyl groups excluding tert-OH is 1. The molecule has 2 heterocycles. The Kier molecular flexibility index (Phi) is 5.51. The van der Waals surface area contributed by atoms with Gasteiger partial charge in [-0.2, -0.15) is 0 Å². The van der Waals surface area contributed by atoms with Crippen LogP contribution in [0.25, 0.3) is 5.57 Å². The highest BCUT2D eigenvalue weighted by Crippen LogP contribution is 2.23. The zero-order valence-corrected chi connectivity index (χ0v) is 15.5. The number of anilines is 2. The SMILES string of the molecule is OCCN1CCN(c2ccc(NC=C3CN=Cc4ccccc43)cc2)CC1. The normalized spacial score (nSPS) is 18.6. The van der Waals surface area contributed by atoms with Crippen LogP contribution in [-0.4, -0.2) is 62.1 Å². The van der Waals surface area contributed by atoms with Crippen LogP contribution < -0.4 is 10.2 Å². The largest absolute Gasteiger partial charge is 0.395 e. The van der Waals surface area contributed by atoms with Gasteiger partial charge in [0.15, 0.2) is 0 Å². The highest BCUT2D eigenvalue weighted by molar-refractivity contribution is 5.92. The first-order valence-electron chi connectivity index (χ1n) is 9.56. The number of hydrogen-bond donors (Lipinski definition) is 2. The van der Waals surface area contributed by atoms with Gasteiger partial charge in [0, 0.05) is 56.5 Å². The molecule has 1 fully saturated rings. The monoisotopic (exact) mass is 362 g/mol. The van der Waals surface area contributed by atoms with E-state index in [-0.39, 0.29) is 6.61 Å². The van der Waals surface area contributed by atoms with Gasteiger partial charge in [-0.1, -0.05) is 24.3 Å². The van der Waals surface area contributed by atoms with Gasteiger partial charge in [-0.3, -0.25) is 9.89 Å². The maximum Gasteiger partial charge on any atom is 0.0660 e. The first-order chi connectivity index (χ1) is 13.3. The van der Waals surface area contributed by atoms with E-state index in [1.807, 2.05) is 12.3 Å². The van der Waals surface area contributed by atoms with E-state index in [1.54, 1.807) is 0 Å². The second-order valence-electron chi connectivity index (χ2n) is 6.97. The summed E-state index contributed by atoms with van der Waals surface area (Å²) in [7, 11) is 0. The Labute approximate surface area is 160 Å². The van der Waals surface area contributed by atoms with E-state index in [2.05, 4.69) is 68.8 Å². The van der Waals surface area contributed by atoms with Crippen molar-refractivity contribution in [2.75, 3.05) is 56.1 Å². The van der Waals surface area contributed by atoms with Crippen molar-refractivity contribution in [2.45, 2.75) is 0 Å². The zero-order chi connectivity index (χ0) is 18.5. The molecule has 2 aliphatic rings. The molecular formula is C22H26N4O. The van der Waals surface area contributed by atoms with Gasteiger partial charge in [0.1, 0.15) is 0 Å². The van der Waals surface area contributed by atoms with Gasteiger partial charge < -0.3 is 15.3 Å². The lowest BCUT2D eigenvalue weighted by Gasteiger charge is -2.35. The summed E-state index contributed by atoms with van der Waals surface area (Å²) in [6.07, 6.45) is 4.01. The summed E-state index contributed by atoms with van der Waals surface area (Å²) < 4.78 is 0. The molecule has 0 aliphatic carbocycles. The second kappa shape index (κ2) is 8.37. The van der Waals surface area contributed by atoms with Crippen molar-refractivity contribution in [3.05, 3.63) is 65.9 Å². The third-order valence-electron chi connectivity index (χ3n) is 5.23. The van der Waals surface area contributed by atoms with Crippen molar-refractivity contribution < 1.29 is 5.11 Å². The van der Waals surface area contributed by atoms with E-state index in [0.29, 0.717) is 6.54 Å². The first kappa shape index (κ1) is 17.8. The Morgan fingerprint density at radius 3 is 2.56 bits per heavy atom. The van der Waals surface area contributed by atoms with E-state index >= 15 is 0 Å². The molecular weight excluding hydrogens is 336 g/mol. The molecule has 0 spiro atoms. The quantitative estimate of drug-likeness (QED) is 0.859. The predicted octanol–water partition coefficient (Wildman–Crippen LogP) is 2.69. The lowest BCUT2D eigenvalue weighted by molar-refractivity contribution is 0.189. The Morgan fingerprint density at radius 2 is 1.78 bits per heavy atom. The number of piperazine rings is 1. The lowest BCUT2D eigenvalue weighted by Crippen LogP contribution is -2.47. The van der Waals surface area contributed by atoms with Crippen molar-refractivity contribution in [2.24, 2.45) is 4.99 Å². The number of rotatable bonds is 5. The minimum atomic E-state index is 0.242. The molecule has 0 radical (unpaired) electrons. The fraction of sp³-hybridized carbons (Fsp3) is 0.318. The smallest absolute Gasteiger partial charge is 0.0660 e. The Balaban J connectivity index is 1.38. The van der Waals surface area contributed by atoms with Gasteiger partial charge in [0.05, 0.1) is 13.2 Å². The highest BCUT2D eigenvalue weighted by atomic mass is 16.3. The number of benzene rings is 2. The minimum absolute atomic E-state index is 0.242. The molecule has 4 rings (SSSR count). The number of nitrogens with one attached hydrogen (secondary N) is 1. The van der Waals surface area contributed by atoms with Crippen LogP contribution >= 0.6 is 0 Å². The van der Waals surface area contributed by atoms with Crippen molar-refractivity contribution in [3.8, 4) is 0 Å². The van der Waals surface area contributed by atoms with Crippen LogP contribution in [0.4, 0.5) is 11.4 Å². The van der Waals surface area contributed by atoms with E-state index in [4.69, 9.17) is 5.11 Å². The first-order valence-corrected chi connectivity index (χ1v) is 9.56. The van der Waals surface area contributed by atoms with E-state index in [9.17, 15) is 0 Å². The van der Waals surface area contributed by atoms with Crippen molar-refractivity contribution >= 4 is 23.2 Å². The average molecular weight is 362 g/mol. The van der Waals surface area contributed by atoms with Gasteiger partial charge in [-0.25, -0.2) is 0 Å². The summed E-state index contributed by atoms with van der Waals surface area (Å²) in [5.41, 5.74) is 5.96. The molecule has 0 bridgehead atoms. The van der Waals surface area contributed by atoms with E-state index < -0.39 is 0 Å². The summed E-state index contributed by atoms with van der Waals surface area (Å²) in [5.74, 6) is 0. The number of hydrogen-bond acceptors (Lipinski definition) is 5. The van der Waals surface area contributed by atoms with Crippen LogP contribution in [0.5, 0.6) is 0 Å². The number of fused-ring (bicyclic) bond motifs is 1. The zero-order valence-electron chi connectivity index (χ0n) is 15.5. The molecule has 0 aromatic heterocycles. The lowest BCUT2D eigenvalue weighted by atomic mass is 9.99. The van der Waals surface area contributed by atoms with Crippen LogP contribution in [-0.2, 0) is 0 Å². The maximum atomic E-state index is 9.06. The molecule has 5 nitrogen and oxygen atoms in total. The van der Waals surface area contributed by atoms with Crippen LogP contribution in [0.2, 0.25) is 0 Å². The highest BCUT2D eigenvalue weighted by Gasteiger charge is 2.16. The van der Waals surface area contributed by atoms with E-state index in [0.717, 1.165) is 38.4 Å². The van der Waals surface area contributed by atoms with Crippen molar-refractivity contribution in [1.82, 2.24) is 4.90 Å². The number of aliphatic imine (C=N–C) groups is 1. The third-order valence-corrected chi connectivity index (χ3v) is 5.23. The topological polar surface area (TPSA) is 51.1 Å². The molecule has 2 aromatic carbocycles. The molecule has 0 saturated carbocycles. The molecule has 5 heteroatoms. The van der Waals surface area contributed by atoms with Crippen LogP contribution in [0, 0.1) is 0 Å². The summed E-state index contributed by atoms with van der Waals surface area (Å²) in [6.45, 7) is 5.75. The summed E-state index contributed by atoms with van der Waals surface area (Å²) >= 11 is 0. The van der Waals surface area contributed by atoms with Crippen LogP contribution in [0.1, 0.15) is 11.1 Å². The van der Waals surface area contributed by atoms with Gasteiger partial charge in [0.2, 0.25) is 0 Å². The standard InChI is InChI=1S/C22H26N4O/c27-14-13-25-9-11-26(12-10-25)21-7-5-20(6-8-21)24-17-19-16-23-15-18-3-1-2-4-22(18)19/h1-8,15,17,24,27H,9-14,16H2. The Morgan fingerprint density at radius 1 is 1.00 bits per heavy atom. The molecule has 1 saturated heterocycles. The summed E-state index contributed by atoms with van der Waals surface area (Å²) in [5, 5.41) is 12.5. The molecule has 27 heavy (non-hydrogen) atoms. The third kappa shape index (κ3) is 4.21. The second-order valence-corrected chi connectivity index (χ2v) is 6.97. The van der Waals surface area contributed by atoms with Crippen molar-refractivity contribution in [3.63, 3.8) is 0 Å². The number of nitrogens with zero attached hydrogens (tertiary/aromatic N) is 3. The van der Waals surface area contributed by atoms with Crippen LogP contribution in [0.3, 0.4) is 0 Å². The fourth-order valence-corrected chi connectivity index (χ4v) is 3.66. The molecule has 0 atom stereocenters. The minimum Gasteiger partial charge on any atom is -0.395 e. The molecule has 2 N–H and O–H groups in total. The molecule has 0 amide bonds. The molecule has 0 unspecified atom stereocenters. The number of β-amino-alcohol motifs (C(OH)–C–C–N with tert-alkyl or cyclic N) is 1. The van der Waals surface area contributed by atoms with Gasteiger partial charge in [0.25, 0.3) is 0 Å². The molecule has 140 valence electrons. The van der Waals surface area contributed by atoms with Gasteiger partial charge >= 0.3 is 0 Å². The van der Waals surface area contributed by atoms with Crippen molar-refractivity contribution in [1.29, 1.82) is 0 Å². The number of aliphatic hydroxyl groups is 1. The Hall–Kier alpha value is -2.63. The Bertz CT molecular complexity index is 820. The van der Waals surface area contributed by atoms with Crippen LogP contribution in [0.15, 0.2) is 59.7 Å². The molecule has 2 aromatic rings. The summed E-state index contributed by atoms with van der Waals surface area (Å²) in [6, 6.07) is 17.0. The average Bonchev–Trinajstić information content (AvgIpc) is 2.73. The van der Waals surface area contributed by atoms with Gasteiger partial charge in [-0.15, -0.1) is 0 Å². The fourth-order valence-electron chi connectivity index (χ4n) is 3.66. The van der Waals surface area contributed by atoms with E-state index in [1.165, 1.54) is 22.4 Å². The van der Waals surface area contributed by atoms with Gasteiger partial charge in [-0.05, 0) is 41.0 Å². The molecule has 2 aliphatic heterocycles. The maximum absolute atomic E-state index is 9.06.